The minimum absolute atomic E-state index is 0.0313. The van der Waals surface area contributed by atoms with E-state index in [-0.39, 0.29) is 17.4 Å². The second kappa shape index (κ2) is 4.04. The van der Waals surface area contributed by atoms with E-state index in [1.807, 2.05) is 6.92 Å². The fraction of sp³-hybridized carbons (Fsp3) is 0.636. The zero-order chi connectivity index (χ0) is 11.6. The number of nitrogens with zero attached hydrogens (tertiary/aromatic N) is 1. The van der Waals surface area contributed by atoms with Gasteiger partial charge < -0.3 is 9.73 Å². The van der Waals surface area contributed by atoms with E-state index in [4.69, 9.17) is 4.42 Å². The maximum Gasteiger partial charge on any atom is 0.289 e. The molecule has 0 aliphatic rings. The number of nitrogens with one attached hydrogen (secondary N) is 1. The summed E-state index contributed by atoms with van der Waals surface area (Å²) in [6.45, 7) is 9.95. The van der Waals surface area contributed by atoms with Crippen LogP contribution in [-0.2, 0) is 0 Å². The number of oxazole rings is 1. The summed E-state index contributed by atoms with van der Waals surface area (Å²) in [7, 11) is 0. The normalized spacial score (nSPS) is 13.7. The Bertz CT molecular complexity index is 350. The summed E-state index contributed by atoms with van der Waals surface area (Å²) in [4.78, 5) is 15.6. The SMILES string of the molecule is Cc1ncoc1C(=O)N[C@@H](C)C(C)(C)C. The molecule has 4 nitrogen and oxygen atoms in total. The third-order valence-corrected chi connectivity index (χ3v) is 2.60. The molecule has 0 aliphatic carbocycles. The van der Waals surface area contributed by atoms with Crippen LogP contribution in [0.25, 0.3) is 0 Å². The minimum Gasteiger partial charge on any atom is -0.438 e. The van der Waals surface area contributed by atoms with Crippen molar-refractivity contribution in [2.45, 2.75) is 40.7 Å². The summed E-state index contributed by atoms with van der Waals surface area (Å²) in [6.07, 6.45) is 1.28. The molecule has 1 heterocycles. The molecule has 0 aliphatic heterocycles. The highest BCUT2D eigenvalue weighted by Crippen LogP contribution is 2.19. The molecule has 0 radical (unpaired) electrons. The molecule has 1 aromatic heterocycles. The van der Waals surface area contributed by atoms with Crippen LogP contribution >= 0.6 is 0 Å². The minimum atomic E-state index is -0.201. The van der Waals surface area contributed by atoms with Crippen molar-refractivity contribution >= 4 is 5.91 Å². The molecule has 84 valence electrons. The first kappa shape index (κ1) is 11.8. The van der Waals surface area contributed by atoms with Crippen molar-refractivity contribution in [3.05, 3.63) is 17.8 Å². The zero-order valence-corrected chi connectivity index (χ0v) is 9.92. The lowest BCUT2D eigenvalue weighted by Crippen LogP contribution is -2.41. The maximum absolute atomic E-state index is 11.7. The maximum atomic E-state index is 11.7. The van der Waals surface area contributed by atoms with Gasteiger partial charge in [-0.25, -0.2) is 4.98 Å². The second-order valence-electron chi connectivity index (χ2n) is 4.83. The molecule has 1 rings (SSSR count). The smallest absolute Gasteiger partial charge is 0.289 e. The Morgan fingerprint density at radius 3 is 2.53 bits per heavy atom. The van der Waals surface area contributed by atoms with E-state index in [1.54, 1.807) is 6.92 Å². The summed E-state index contributed by atoms with van der Waals surface area (Å²) in [5.41, 5.74) is 0.650. The number of amides is 1. The first-order chi connectivity index (χ1) is 6.82. The van der Waals surface area contributed by atoms with Gasteiger partial charge in [0.25, 0.3) is 5.91 Å². The van der Waals surface area contributed by atoms with Crippen LogP contribution in [0.4, 0.5) is 0 Å². The third kappa shape index (κ3) is 2.81. The van der Waals surface area contributed by atoms with Crippen molar-refractivity contribution in [2.24, 2.45) is 5.41 Å². The van der Waals surface area contributed by atoms with Crippen molar-refractivity contribution in [3.8, 4) is 0 Å². The van der Waals surface area contributed by atoms with Gasteiger partial charge in [0.1, 0.15) is 0 Å². The number of hydrogen-bond donors (Lipinski definition) is 1. The van der Waals surface area contributed by atoms with Gasteiger partial charge in [0, 0.05) is 6.04 Å². The van der Waals surface area contributed by atoms with Gasteiger partial charge in [0.05, 0.1) is 5.69 Å². The predicted octanol–water partition coefficient (Wildman–Crippen LogP) is 2.15. The van der Waals surface area contributed by atoms with Crippen molar-refractivity contribution in [1.29, 1.82) is 0 Å². The van der Waals surface area contributed by atoms with Gasteiger partial charge in [-0.15, -0.1) is 0 Å². The fourth-order valence-electron chi connectivity index (χ4n) is 0.999. The van der Waals surface area contributed by atoms with Crippen molar-refractivity contribution in [1.82, 2.24) is 10.3 Å². The predicted molar refractivity (Wildman–Crippen MR) is 57.6 cm³/mol. The largest absolute Gasteiger partial charge is 0.438 e. The Labute approximate surface area is 90.1 Å². The summed E-state index contributed by atoms with van der Waals surface area (Å²) >= 11 is 0. The first-order valence-electron chi connectivity index (χ1n) is 5.03. The van der Waals surface area contributed by atoms with E-state index in [0.29, 0.717) is 11.5 Å². The molecule has 0 spiro atoms. The van der Waals surface area contributed by atoms with E-state index in [9.17, 15) is 4.79 Å². The molecular formula is C11H18N2O2. The molecular weight excluding hydrogens is 192 g/mol. The molecule has 0 unspecified atom stereocenters. The lowest BCUT2D eigenvalue weighted by atomic mass is 9.88. The zero-order valence-electron chi connectivity index (χ0n) is 9.92. The molecule has 4 heteroatoms. The highest BCUT2D eigenvalue weighted by molar-refractivity contribution is 5.92. The number of carbonyl (C=O) groups excluding carboxylic acids is 1. The van der Waals surface area contributed by atoms with Crippen LogP contribution in [0.5, 0.6) is 0 Å². The standard InChI is InChI=1S/C11H18N2O2/c1-7-9(15-6-12-7)10(14)13-8(2)11(3,4)5/h6,8H,1-5H3,(H,13,14)/t8-/m0/s1. The third-order valence-electron chi connectivity index (χ3n) is 2.60. The molecule has 1 N–H and O–H groups in total. The Hall–Kier alpha value is -1.32. The molecule has 0 fully saturated rings. The fourth-order valence-corrected chi connectivity index (χ4v) is 0.999. The van der Waals surface area contributed by atoms with Crippen LogP contribution < -0.4 is 5.32 Å². The quantitative estimate of drug-likeness (QED) is 0.813. The average Bonchev–Trinajstić information content (AvgIpc) is 2.49. The van der Waals surface area contributed by atoms with Gasteiger partial charge >= 0.3 is 0 Å². The number of aromatic nitrogens is 1. The van der Waals surface area contributed by atoms with E-state index >= 15 is 0 Å². The highest BCUT2D eigenvalue weighted by atomic mass is 16.3. The molecule has 1 atom stereocenters. The van der Waals surface area contributed by atoms with Gasteiger partial charge in [-0.2, -0.15) is 0 Å². The number of rotatable bonds is 2. The molecule has 0 bridgehead atoms. The first-order valence-corrected chi connectivity index (χ1v) is 5.03. The Morgan fingerprint density at radius 2 is 2.13 bits per heavy atom. The van der Waals surface area contributed by atoms with Crippen LogP contribution in [0.2, 0.25) is 0 Å². The molecule has 0 aromatic carbocycles. The highest BCUT2D eigenvalue weighted by Gasteiger charge is 2.24. The van der Waals surface area contributed by atoms with Crippen molar-refractivity contribution in [3.63, 3.8) is 0 Å². The Kier molecular flexibility index (Phi) is 3.17. The summed E-state index contributed by atoms with van der Waals surface area (Å²) in [5.74, 6) is 0.0959. The lowest BCUT2D eigenvalue weighted by molar-refractivity contribution is 0.0881. The van der Waals surface area contributed by atoms with Crippen LogP contribution in [-0.4, -0.2) is 16.9 Å². The average molecular weight is 210 g/mol. The number of aryl methyl sites for hydroxylation is 1. The molecule has 1 aromatic rings. The molecule has 15 heavy (non-hydrogen) atoms. The van der Waals surface area contributed by atoms with E-state index in [0.717, 1.165) is 0 Å². The monoisotopic (exact) mass is 210 g/mol. The lowest BCUT2D eigenvalue weighted by Gasteiger charge is -2.27. The van der Waals surface area contributed by atoms with E-state index < -0.39 is 0 Å². The second-order valence-corrected chi connectivity index (χ2v) is 4.83. The van der Waals surface area contributed by atoms with Crippen molar-refractivity contribution in [2.75, 3.05) is 0 Å². The van der Waals surface area contributed by atoms with Gasteiger partial charge in [0.15, 0.2) is 6.39 Å². The van der Waals surface area contributed by atoms with Crippen LogP contribution in [0, 0.1) is 12.3 Å². The number of carbonyl (C=O) groups is 1. The van der Waals surface area contributed by atoms with Gasteiger partial charge in [-0.3, -0.25) is 4.79 Å². The van der Waals surface area contributed by atoms with Gasteiger partial charge in [-0.05, 0) is 19.3 Å². The van der Waals surface area contributed by atoms with E-state index in [1.165, 1.54) is 6.39 Å². The Balaban J connectivity index is 2.69. The van der Waals surface area contributed by atoms with Gasteiger partial charge in [-0.1, -0.05) is 20.8 Å². The Morgan fingerprint density at radius 1 is 1.53 bits per heavy atom. The summed E-state index contributed by atoms with van der Waals surface area (Å²) < 4.78 is 5.02. The van der Waals surface area contributed by atoms with Crippen LogP contribution in [0.15, 0.2) is 10.8 Å². The topological polar surface area (TPSA) is 55.1 Å². The van der Waals surface area contributed by atoms with Crippen LogP contribution in [0.1, 0.15) is 43.9 Å². The molecule has 0 saturated carbocycles. The molecule has 0 saturated heterocycles. The van der Waals surface area contributed by atoms with Gasteiger partial charge in [0.2, 0.25) is 5.76 Å². The van der Waals surface area contributed by atoms with E-state index in [2.05, 4.69) is 31.1 Å². The number of hydrogen-bond acceptors (Lipinski definition) is 3. The van der Waals surface area contributed by atoms with Crippen LogP contribution in [0.3, 0.4) is 0 Å². The summed E-state index contributed by atoms with van der Waals surface area (Å²) in [5, 5.41) is 2.89. The summed E-state index contributed by atoms with van der Waals surface area (Å²) in [6, 6.07) is 0.0782. The molecule has 1 amide bonds. The van der Waals surface area contributed by atoms with Crippen molar-refractivity contribution < 1.29 is 9.21 Å².